The van der Waals surface area contributed by atoms with Gasteiger partial charge >= 0.3 is 6.18 Å². The molecule has 3 unspecified atom stereocenters. The molecule has 2 N–H and O–H groups in total. The molecular weight excluding hydrogens is 395 g/mol. The molecule has 8 heteroatoms. The molecule has 1 aliphatic heterocycles. The number of alkyl halides is 3. The first-order chi connectivity index (χ1) is 14.2. The topological polar surface area (TPSA) is 61.4 Å². The number of benzene rings is 1. The van der Waals surface area contributed by atoms with Crippen molar-refractivity contribution in [1.82, 2.24) is 15.5 Å². The van der Waals surface area contributed by atoms with Gasteiger partial charge in [-0.2, -0.15) is 13.2 Å². The van der Waals surface area contributed by atoms with E-state index in [1.165, 1.54) is 12.1 Å². The van der Waals surface area contributed by atoms with Crippen LogP contribution in [0.15, 0.2) is 24.3 Å². The summed E-state index contributed by atoms with van der Waals surface area (Å²) in [5.41, 5.74) is 0.154. The van der Waals surface area contributed by atoms with E-state index in [1.807, 2.05) is 7.05 Å². The minimum absolute atomic E-state index is 0.0243. The summed E-state index contributed by atoms with van der Waals surface area (Å²) < 4.78 is 38.6. The molecule has 0 spiro atoms. The zero-order valence-corrected chi connectivity index (χ0v) is 17.5. The first-order valence-electron chi connectivity index (χ1n) is 10.6. The Morgan fingerprint density at radius 1 is 1.13 bits per heavy atom. The molecule has 2 aliphatic rings. The lowest BCUT2D eigenvalue weighted by Crippen LogP contribution is -2.49. The lowest BCUT2D eigenvalue weighted by atomic mass is 9.84. The highest BCUT2D eigenvalue weighted by Crippen LogP contribution is 2.36. The van der Waals surface area contributed by atoms with E-state index in [9.17, 15) is 22.8 Å². The van der Waals surface area contributed by atoms with E-state index in [0.29, 0.717) is 6.54 Å². The van der Waals surface area contributed by atoms with Gasteiger partial charge in [0.05, 0.1) is 5.56 Å². The summed E-state index contributed by atoms with van der Waals surface area (Å²) in [6.07, 6.45) is 0.289. The molecule has 1 aromatic carbocycles. The number of amides is 2. The second-order valence-electron chi connectivity index (χ2n) is 8.55. The van der Waals surface area contributed by atoms with Gasteiger partial charge in [0, 0.05) is 18.5 Å². The Balaban J connectivity index is 1.60. The molecule has 0 bridgehead atoms. The molecule has 166 valence electrons. The third kappa shape index (κ3) is 5.33. The van der Waals surface area contributed by atoms with Crippen molar-refractivity contribution in [3.63, 3.8) is 0 Å². The number of carbonyl (C=O) groups excluding carboxylic acids is 2. The minimum Gasteiger partial charge on any atom is -0.354 e. The quantitative estimate of drug-likeness (QED) is 0.733. The summed E-state index contributed by atoms with van der Waals surface area (Å²) >= 11 is 0. The second kappa shape index (κ2) is 9.37. The fourth-order valence-corrected chi connectivity index (χ4v) is 4.32. The first kappa shape index (κ1) is 22.6. The average Bonchev–Trinajstić information content (AvgIpc) is 2.64. The molecular formula is C22H30F3N3O2. The Bertz CT molecular complexity index is 747. The Kier molecular flexibility index (Phi) is 7.06. The summed E-state index contributed by atoms with van der Waals surface area (Å²) in [5, 5.41) is 5.70. The summed E-state index contributed by atoms with van der Waals surface area (Å²) in [6, 6.07) is 4.62. The lowest BCUT2D eigenvalue weighted by molar-refractivity contribution is -0.137. The van der Waals surface area contributed by atoms with Crippen LogP contribution in [0.4, 0.5) is 13.2 Å². The molecule has 2 fully saturated rings. The lowest BCUT2D eigenvalue weighted by Gasteiger charge is -2.40. The van der Waals surface area contributed by atoms with Gasteiger partial charge in [-0.1, -0.05) is 18.6 Å². The fourth-order valence-electron chi connectivity index (χ4n) is 4.32. The third-order valence-corrected chi connectivity index (χ3v) is 6.35. The van der Waals surface area contributed by atoms with Crippen LogP contribution in [0.25, 0.3) is 0 Å². The monoisotopic (exact) mass is 425 g/mol. The van der Waals surface area contributed by atoms with Crippen molar-refractivity contribution in [3.8, 4) is 0 Å². The maximum absolute atomic E-state index is 12.9. The molecule has 1 saturated heterocycles. The predicted molar refractivity (Wildman–Crippen MR) is 107 cm³/mol. The largest absolute Gasteiger partial charge is 0.416 e. The molecule has 3 rings (SSSR count). The van der Waals surface area contributed by atoms with Crippen LogP contribution >= 0.6 is 0 Å². The van der Waals surface area contributed by atoms with E-state index in [4.69, 9.17) is 0 Å². The molecule has 0 aromatic heterocycles. The predicted octanol–water partition coefficient (Wildman–Crippen LogP) is 3.51. The average molecular weight is 425 g/mol. The van der Waals surface area contributed by atoms with Crippen molar-refractivity contribution in [2.24, 2.45) is 11.8 Å². The van der Waals surface area contributed by atoms with E-state index in [-0.39, 0.29) is 29.7 Å². The van der Waals surface area contributed by atoms with Crippen molar-refractivity contribution < 1.29 is 22.8 Å². The number of hydrogen-bond acceptors (Lipinski definition) is 3. The van der Waals surface area contributed by atoms with Gasteiger partial charge in [-0.05, 0) is 69.8 Å². The summed E-state index contributed by atoms with van der Waals surface area (Å²) in [5.74, 6) is -0.193. The maximum atomic E-state index is 12.9. The van der Waals surface area contributed by atoms with Crippen LogP contribution in [0.2, 0.25) is 0 Å². The molecule has 2 amide bonds. The smallest absolute Gasteiger partial charge is 0.354 e. The SMILES string of the molecule is CC(NC(=O)C1CCC1)C(=O)NCC1CCCN(C)C1c1ccc(C(F)(F)F)cc1. The second-order valence-corrected chi connectivity index (χ2v) is 8.55. The minimum atomic E-state index is -4.36. The molecule has 30 heavy (non-hydrogen) atoms. The van der Waals surface area contributed by atoms with Gasteiger partial charge in [-0.25, -0.2) is 0 Å². The number of likely N-dealkylation sites (tertiary alicyclic amines) is 1. The molecule has 1 heterocycles. The summed E-state index contributed by atoms with van der Waals surface area (Å²) in [6.45, 7) is 2.94. The van der Waals surface area contributed by atoms with Crippen LogP contribution in [-0.2, 0) is 15.8 Å². The van der Waals surface area contributed by atoms with Crippen LogP contribution < -0.4 is 10.6 Å². The van der Waals surface area contributed by atoms with Gasteiger partial charge in [-0.15, -0.1) is 0 Å². The van der Waals surface area contributed by atoms with Gasteiger partial charge in [0.25, 0.3) is 0 Å². The van der Waals surface area contributed by atoms with E-state index in [0.717, 1.165) is 56.3 Å². The number of nitrogens with zero attached hydrogens (tertiary/aromatic N) is 1. The zero-order chi connectivity index (χ0) is 21.9. The van der Waals surface area contributed by atoms with Gasteiger partial charge in [-0.3, -0.25) is 14.5 Å². The molecule has 3 atom stereocenters. The molecule has 0 radical (unpaired) electrons. The Labute approximate surface area is 175 Å². The summed E-state index contributed by atoms with van der Waals surface area (Å²) in [7, 11) is 1.96. The van der Waals surface area contributed by atoms with Crippen molar-refractivity contribution >= 4 is 11.8 Å². The van der Waals surface area contributed by atoms with E-state index >= 15 is 0 Å². The standard InChI is InChI=1S/C22H30F3N3O2/c1-14(27-21(30)16-5-3-6-16)20(29)26-13-17-7-4-12-28(2)19(17)15-8-10-18(11-9-15)22(23,24)25/h8-11,14,16-17,19H,3-7,12-13H2,1-2H3,(H,26,29)(H,27,30). The number of piperidine rings is 1. The van der Waals surface area contributed by atoms with Gasteiger partial charge < -0.3 is 10.6 Å². The van der Waals surface area contributed by atoms with E-state index in [1.54, 1.807) is 6.92 Å². The number of hydrogen-bond donors (Lipinski definition) is 2. The molecule has 5 nitrogen and oxygen atoms in total. The molecule has 1 aliphatic carbocycles. The Hall–Kier alpha value is -2.09. The maximum Gasteiger partial charge on any atom is 0.416 e. The van der Waals surface area contributed by atoms with E-state index in [2.05, 4.69) is 15.5 Å². The summed E-state index contributed by atoms with van der Waals surface area (Å²) in [4.78, 5) is 26.6. The first-order valence-corrected chi connectivity index (χ1v) is 10.6. The van der Waals surface area contributed by atoms with Crippen molar-refractivity contribution in [3.05, 3.63) is 35.4 Å². The normalized spacial score (nSPS) is 24.0. The van der Waals surface area contributed by atoms with Crippen molar-refractivity contribution in [1.29, 1.82) is 0 Å². The number of nitrogens with one attached hydrogen (secondary N) is 2. The zero-order valence-electron chi connectivity index (χ0n) is 17.5. The van der Waals surface area contributed by atoms with Crippen LogP contribution in [0.1, 0.15) is 56.2 Å². The van der Waals surface area contributed by atoms with Crippen LogP contribution in [0.5, 0.6) is 0 Å². The van der Waals surface area contributed by atoms with Crippen LogP contribution in [-0.4, -0.2) is 42.9 Å². The van der Waals surface area contributed by atoms with Crippen molar-refractivity contribution in [2.75, 3.05) is 20.1 Å². The van der Waals surface area contributed by atoms with E-state index < -0.39 is 17.8 Å². The van der Waals surface area contributed by atoms with Gasteiger partial charge in [0.1, 0.15) is 6.04 Å². The third-order valence-electron chi connectivity index (χ3n) is 6.35. The highest BCUT2D eigenvalue weighted by Gasteiger charge is 2.34. The van der Waals surface area contributed by atoms with Crippen molar-refractivity contribution in [2.45, 2.75) is 57.3 Å². The van der Waals surface area contributed by atoms with Crippen LogP contribution in [0, 0.1) is 11.8 Å². The van der Waals surface area contributed by atoms with Gasteiger partial charge in [0.15, 0.2) is 0 Å². The number of halogens is 3. The number of carbonyl (C=O) groups is 2. The van der Waals surface area contributed by atoms with Crippen LogP contribution in [0.3, 0.4) is 0 Å². The number of rotatable bonds is 6. The fraction of sp³-hybridized carbons (Fsp3) is 0.636. The molecule has 1 aromatic rings. The Morgan fingerprint density at radius 2 is 1.80 bits per heavy atom. The molecule has 1 saturated carbocycles. The van der Waals surface area contributed by atoms with Gasteiger partial charge in [0.2, 0.25) is 11.8 Å². The Morgan fingerprint density at radius 3 is 2.37 bits per heavy atom. The highest BCUT2D eigenvalue weighted by molar-refractivity contribution is 5.88. The highest BCUT2D eigenvalue weighted by atomic mass is 19.4.